The highest BCUT2D eigenvalue weighted by Crippen LogP contribution is 2.36. The number of esters is 1. The number of fused-ring (bicyclic) bond motifs is 2. The molecule has 0 saturated carbocycles. The number of likely N-dealkylation sites (tertiary alicyclic amines) is 2. The van der Waals surface area contributed by atoms with Gasteiger partial charge in [-0.15, -0.1) is 0 Å². The molecule has 448 valence electrons. The van der Waals surface area contributed by atoms with Crippen LogP contribution in [0.4, 0.5) is 25.0 Å². The summed E-state index contributed by atoms with van der Waals surface area (Å²) in [5.74, 6) is -1.64. The second-order valence-electron chi connectivity index (χ2n) is 23.1. The number of halogens is 3. The Morgan fingerprint density at radius 1 is 0.698 bits per heavy atom. The first-order chi connectivity index (χ1) is 40.7. The molecule has 4 aromatic carbocycles. The summed E-state index contributed by atoms with van der Waals surface area (Å²) in [5.41, 5.74) is 4.76. The van der Waals surface area contributed by atoms with Crippen molar-refractivity contribution in [1.82, 2.24) is 54.2 Å². The van der Waals surface area contributed by atoms with E-state index in [1.807, 2.05) is 59.1 Å². The van der Waals surface area contributed by atoms with Crippen molar-refractivity contribution in [2.24, 2.45) is 20.0 Å². The fourth-order valence-electron chi connectivity index (χ4n) is 10.1. The van der Waals surface area contributed by atoms with Crippen LogP contribution in [0.5, 0.6) is 0 Å². The Labute approximate surface area is 505 Å². The van der Waals surface area contributed by atoms with Gasteiger partial charge in [0, 0.05) is 86.2 Å². The van der Waals surface area contributed by atoms with E-state index in [0.29, 0.717) is 65.1 Å². The summed E-state index contributed by atoms with van der Waals surface area (Å²) >= 11 is 3.42. The fourth-order valence-corrected chi connectivity index (χ4v) is 10.7. The highest BCUT2D eigenvalue weighted by molar-refractivity contribution is 9.10. The number of rotatable bonds is 11. The molecule has 86 heavy (non-hydrogen) atoms. The molecule has 2 aliphatic heterocycles. The largest absolute Gasteiger partial charge is 0.488 e. The number of carbonyl (C=O) groups is 4. The van der Waals surface area contributed by atoms with Gasteiger partial charge in [-0.3, -0.25) is 33.1 Å². The van der Waals surface area contributed by atoms with E-state index >= 15 is 0 Å². The van der Waals surface area contributed by atoms with Gasteiger partial charge in [-0.25, -0.2) is 23.3 Å². The molecule has 3 N–H and O–H groups in total. The Balaban J connectivity index is 0.000000188. The molecule has 2 aliphatic rings. The second kappa shape index (κ2) is 27.1. The summed E-state index contributed by atoms with van der Waals surface area (Å²) in [4.78, 5) is 60.4. The van der Waals surface area contributed by atoms with Crippen molar-refractivity contribution in [1.29, 1.82) is 0 Å². The van der Waals surface area contributed by atoms with Crippen molar-refractivity contribution >= 4 is 85.6 Å². The smallest absolute Gasteiger partial charge is 0.460 e. The van der Waals surface area contributed by atoms with Crippen LogP contribution in [0.1, 0.15) is 73.6 Å². The van der Waals surface area contributed by atoms with Crippen molar-refractivity contribution in [2.45, 2.75) is 104 Å². The number of hydrogen-bond donors (Lipinski definition) is 3. The standard InChI is InChI=1S/C30H32FN7O3.C23H26BrFN4O3.C8H9BN2O2/c1-30(2,3)41-29(40)34-22-7-6-12-37(16-22)27(39)18-38-17-23(19-9-11-26-21(13-19)15-33-36(26)5)28(35-38)20-8-10-25(32-4)24(31)14-20;1-23(2,3)32-21(31)10-15-6-5-9-28(12-15)20(30)14-29-13-17(24)22(27-29)16-7-8-19(26-4)18(25)11-16;1-11-8-3-2-7(9(12)13)4-6(8)5-10-11/h8-11,13-15,17,22H,6-7,12,16,18H2,1-3,5H3,(H,34,40);7-8,11,13,15H,5-6,9-10,12,14H2,1-3H3;2-5,12-13H,1H3/t22-;15-;/m10./s1. The van der Waals surface area contributed by atoms with Crippen LogP contribution >= 0.6 is 15.9 Å². The van der Waals surface area contributed by atoms with Crippen LogP contribution in [0.2, 0.25) is 0 Å². The van der Waals surface area contributed by atoms with Crippen LogP contribution in [0, 0.1) is 30.7 Å². The molecule has 0 radical (unpaired) electrons. The summed E-state index contributed by atoms with van der Waals surface area (Å²) in [5, 5.41) is 40.0. The van der Waals surface area contributed by atoms with Gasteiger partial charge < -0.3 is 34.6 Å². The lowest BCUT2D eigenvalue weighted by atomic mass is 9.80. The zero-order valence-electron chi connectivity index (χ0n) is 49.1. The Bertz CT molecular complexity index is 3890. The maximum Gasteiger partial charge on any atom is 0.488 e. The normalized spacial score (nSPS) is 15.2. The van der Waals surface area contributed by atoms with Crippen molar-refractivity contribution in [3.05, 3.63) is 137 Å². The number of carbonyl (C=O) groups excluding carboxylic acids is 4. The fraction of sp³-hybridized carbons (Fsp3) is 0.377. The lowest BCUT2D eigenvalue weighted by Gasteiger charge is -2.33. The number of hydrogen-bond acceptors (Lipinski definition) is 12. The summed E-state index contributed by atoms with van der Waals surface area (Å²) in [7, 11) is 2.30. The molecule has 4 aromatic heterocycles. The highest BCUT2D eigenvalue weighted by Gasteiger charge is 2.30. The van der Waals surface area contributed by atoms with Crippen molar-refractivity contribution < 1.29 is 47.5 Å². The Hall–Kier alpha value is -8.78. The van der Waals surface area contributed by atoms with Crippen molar-refractivity contribution in [3.63, 3.8) is 0 Å². The topological polar surface area (TPSA) is 226 Å². The minimum Gasteiger partial charge on any atom is -0.460 e. The molecule has 0 spiro atoms. The number of benzene rings is 4. The number of ether oxygens (including phenoxy) is 2. The minimum atomic E-state index is -1.41. The average Bonchev–Trinajstić information content (AvgIpc) is 3.01. The number of aryl methyl sites for hydroxylation is 2. The molecule has 0 bridgehead atoms. The van der Waals surface area contributed by atoms with Gasteiger partial charge in [0.1, 0.15) is 47.3 Å². The number of piperidine rings is 2. The van der Waals surface area contributed by atoms with Gasteiger partial charge in [-0.2, -0.15) is 20.4 Å². The number of aromatic nitrogens is 8. The van der Waals surface area contributed by atoms with Crippen molar-refractivity contribution in [2.75, 3.05) is 26.2 Å². The maximum absolute atomic E-state index is 14.6. The maximum atomic E-state index is 14.6. The van der Waals surface area contributed by atoms with Crippen molar-refractivity contribution in [3.8, 4) is 33.6 Å². The first-order valence-corrected chi connectivity index (χ1v) is 28.7. The molecule has 10 rings (SSSR count). The Morgan fingerprint density at radius 3 is 1.79 bits per heavy atom. The van der Waals surface area contributed by atoms with Gasteiger partial charge in [0.05, 0.1) is 47.5 Å². The zero-order valence-corrected chi connectivity index (χ0v) is 50.7. The van der Waals surface area contributed by atoms with E-state index in [1.54, 1.807) is 93.7 Å². The zero-order chi connectivity index (χ0) is 62.2. The van der Waals surface area contributed by atoms with E-state index < -0.39 is 36.0 Å². The Morgan fingerprint density at radius 2 is 1.22 bits per heavy atom. The molecule has 25 heteroatoms. The molecule has 2 saturated heterocycles. The SMILES string of the molecule is Cn1ncc2cc(B(O)O)ccc21.[C-]#[N+]c1ccc(-c2nn(CC(=O)N3CCC[C@@H](CC(=O)OC(C)(C)C)C3)cc2Br)cc1F.[C-]#[N+]c1ccc(-c2nn(CC(=O)N3CCC[C@@H](NC(=O)OC(C)(C)C)C3)cc2-c2ccc3c(cnn3C)c2)cc1F. The molecule has 2 atom stereocenters. The third-order valence-corrected chi connectivity index (χ3v) is 14.7. The molecule has 6 heterocycles. The second-order valence-corrected chi connectivity index (χ2v) is 24.0. The Kier molecular flexibility index (Phi) is 19.9. The minimum absolute atomic E-state index is 0.0239. The first-order valence-electron chi connectivity index (χ1n) is 27.9. The highest BCUT2D eigenvalue weighted by atomic mass is 79.9. The van der Waals surface area contributed by atoms with E-state index in [0.717, 1.165) is 58.6 Å². The van der Waals surface area contributed by atoms with E-state index in [2.05, 4.69) is 46.2 Å². The summed E-state index contributed by atoms with van der Waals surface area (Å²) in [6.45, 7) is 27.2. The van der Waals surface area contributed by atoms with Gasteiger partial charge in [-0.05, 0) is 130 Å². The third-order valence-electron chi connectivity index (χ3n) is 14.1. The van der Waals surface area contributed by atoms with E-state index in [4.69, 9.17) is 37.8 Å². The summed E-state index contributed by atoms with van der Waals surface area (Å²) in [6, 6.07) is 19.6. The van der Waals surface area contributed by atoms with Crippen LogP contribution in [0.15, 0.2) is 102 Å². The number of nitrogens with zero attached hydrogens (tertiary/aromatic N) is 12. The van der Waals surface area contributed by atoms with Gasteiger partial charge in [0.2, 0.25) is 23.2 Å². The first kappa shape index (κ1) is 63.3. The van der Waals surface area contributed by atoms with Crippen LogP contribution < -0.4 is 10.8 Å². The average molecular weight is 1240 g/mol. The van der Waals surface area contributed by atoms with E-state index in [-0.39, 0.29) is 54.2 Å². The van der Waals surface area contributed by atoms with Gasteiger partial charge in [0.25, 0.3) is 0 Å². The molecule has 8 aromatic rings. The van der Waals surface area contributed by atoms with Gasteiger partial charge in [-0.1, -0.05) is 42.5 Å². The molecular formula is C61H67BBrF2N13O8. The predicted molar refractivity (Wildman–Crippen MR) is 324 cm³/mol. The molecule has 2 fully saturated rings. The lowest BCUT2D eigenvalue weighted by Crippen LogP contribution is -2.51. The monoisotopic (exact) mass is 1240 g/mol. The third kappa shape index (κ3) is 16.3. The molecule has 3 amide bonds. The van der Waals surface area contributed by atoms with Crippen LogP contribution in [-0.4, -0.2) is 133 Å². The van der Waals surface area contributed by atoms with Crippen LogP contribution in [-0.2, 0) is 51.0 Å². The molecule has 0 unspecified atom stereocenters. The molecular weight excluding hydrogens is 1170 g/mol. The summed E-state index contributed by atoms with van der Waals surface area (Å²) in [6.07, 6.45) is 9.94. The predicted octanol–water partition coefficient (Wildman–Crippen LogP) is 9.54. The van der Waals surface area contributed by atoms with Gasteiger partial charge in [0.15, 0.2) is 0 Å². The van der Waals surface area contributed by atoms with Gasteiger partial charge >= 0.3 is 19.2 Å². The van der Waals surface area contributed by atoms with E-state index in [9.17, 15) is 28.0 Å². The number of nitrogens with one attached hydrogen (secondary N) is 1. The molecule has 0 aliphatic carbocycles. The summed E-state index contributed by atoms with van der Waals surface area (Å²) < 4.78 is 46.6. The number of amides is 3. The van der Waals surface area contributed by atoms with Crippen LogP contribution in [0.25, 0.3) is 65.1 Å². The molecule has 21 nitrogen and oxygen atoms in total. The quantitative estimate of drug-likeness (QED) is 0.0625. The number of alkyl carbamates (subject to hydrolysis) is 1. The van der Waals surface area contributed by atoms with E-state index in [1.165, 1.54) is 28.9 Å². The lowest BCUT2D eigenvalue weighted by molar-refractivity contribution is -0.157. The van der Waals surface area contributed by atoms with Crippen LogP contribution in [0.3, 0.4) is 0 Å².